The highest BCUT2D eigenvalue weighted by atomic mass is 32.1. The second-order valence-corrected chi connectivity index (χ2v) is 8.11. The molecular formula is C20H20N6OS. The van der Waals surface area contributed by atoms with Crippen molar-refractivity contribution in [3.63, 3.8) is 0 Å². The predicted molar refractivity (Wildman–Crippen MR) is 110 cm³/mol. The fourth-order valence-corrected chi connectivity index (χ4v) is 4.81. The SMILES string of the molecule is C/C(=N/OCc1nc2c3c4c(sc3ncn2n1)CN(C)CC4)c1ccccc1. The summed E-state index contributed by atoms with van der Waals surface area (Å²) >= 11 is 1.76. The summed E-state index contributed by atoms with van der Waals surface area (Å²) in [5, 5.41) is 9.86. The summed E-state index contributed by atoms with van der Waals surface area (Å²) in [6.07, 6.45) is 2.75. The molecule has 1 aliphatic rings. The van der Waals surface area contributed by atoms with Crippen LogP contribution in [0.3, 0.4) is 0 Å². The second-order valence-electron chi connectivity index (χ2n) is 7.03. The Kier molecular flexibility index (Phi) is 4.29. The average Bonchev–Trinajstić information content (AvgIpc) is 3.28. The fraction of sp³-hybridized carbons (Fsp3) is 0.300. The largest absolute Gasteiger partial charge is 0.387 e. The van der Waals surface area contributed by atoms with Crippen LogP contribution < -0.4 is 0 Å². The summed E-state index contributed by atoms with van der Waals surface area (Å²) in [4.78, 5) is 19.6. The first-order valence-corrected chi connectivity index (χ1v) is 10.1. The Morgan fingerprint density at radius 1 is 1.29 bits per heavy atom. The molecular weight excluding hydrogens is 372 g/mol. The zero-order chi connectivity index (χ0) is 19.1. The first-order valence-electron chi connectivity index (χ1n) is 9.24. The number of hydrogen-bond acceptors (Lipinski definition) is 7. The molecule has 0 fully saturated rings. The quantitative estimate of drug-likeness (QED) is 0.394. The van der Waals surface area contributed by atoms with E-state index in [2.05, 4.69) is 27.2 Å². The molecule has 7 nitrogen and oxygen atoms in total. The van der Waals surface area contributed by atoms with E-state index in [0.717, 1.165) is 46.6 Å². The van der Waals surface area contributed by atoms with Crippen molar-refractivity contribution in [3.8, 4) is 0 Å². The monoisotopic (exact) mass is 392 g/mol. The topological polar surface area (TPSA) is 67.9 Å². The van der Waals surface area contributed by atoms with E-state index < -0.39 is 0 Å². The molecule has 142 valence electrons. The first kappa shape index (κ1) is 17.3. The molecule has 0 N–H and O–H groups in total. The standard InChI is InChI=1S/C20H20N6OS/c1-13(14-6-4-3-5-7-14)24-27-11-17-22-19-18-15-8-9-25(2)10-16(15)28-20(18)21-12-26(19)23-17/h3-7,12H,8-11H2,1-2H3/b24-13-. The Hall–Kier alpha value is -2.84. The van der Waals surface area contributed by atoms with Gasteiger partial charge in [0.2, 0.25) is 0 Å². The third kappa shape index (κ3) is 3.04. The Balaban J connectivity index is 1.43. The lowest BCUT2D eigenvalue weighted by molar-refractivity contribution is 0.125. The molecule has 5 rings (SSSR count). The van der Waals surface area contributed by atoms with Crippen molar-refractivity contribution in [1.29, 1.82) is 0 Å². The molecule has 0 unspecified atom stereocenters. The third-order valence-corrected chi connectivity index (χ3v) is 6.12. The van der Waals surface area contributed by atoms with Crippen LogP contribution in [0.2, 0.25) is 0 Å². The lowest BCUT2D eigenvalue weighted by Crippen LogP contribution is -2.25. The summed E-state index contributed by atoms with van der Waals surface area (Å²) in [5.74, 6) is 0.604. The van der Waals surface area contributed by atoms with Crippen LogP contribution in [0.5, 0.6) is 0 Å². The summed E-state index contributed by atoms with van der Waals surface area (Å²) in [5.41, 5.74) is 4.08. The maximum atomic E-state index is 5.51. The van der Waals surface area contributed by atoms with Gasteiger partial charge < -0.3 is 9.74 Å². The van der Waals surface area contributed by atoms with E-state index in [1.54, 1.807) is 22.2 Å². The van der Waals surface area contributed by atoms with Gasteiger partial charge >= 0.3 is 0 Å². The normalized spacial score (nSPS) is 15.3. The van der Waals surface area contributed by atoms with Crippen molar-refractivity contribution < 1.29 is 4.84 Å². The second kappa shape index (κ2) is 6.96. The molecule has 0 spiro atoms. The number of benzene rings is 1. The third-order valence-electron chi connectivity index (χ3n) is 5.00. The summed E-state index contributed by atoms with van der Waals surface area (Å²) in [7, 11) is 2.15. The van der Waals surface area contributed by atoms with Gasteiger partial charge in [0.05, 0.1) is 11.1 Å². The molecule has 8 heteroatoms. The van der Waals surface area contributed by atoms with Gasteiger partial charge in [-0.1, -0.05) is 35.5 Å². The minimum Gasteiger partial charge on any atom is -0.387 e. The molecule has 0 atom stereocenters. The summed E-state index contributed by atoms with van der Waals surface area (Å²) in [6, 6.07) is 9.95. The number of thiophene rings is 1. The number of oxime groups is 1. The molecule has 0 bridgehead atoms. The molecule has 0 saturated heterocycles. The first-order chi connectivity index (χ1) is 13.7. The van der Waals surface area contributed by atoms with Gasteiger partial charge in [-0.25, -0.2) is 14.5 Å². The highest BCUT2D eigenvalue weighted by Crippen LogP contribution is 2.35. The van der Waals surface area contributed by atoms with Crippen LogP contribution >= 0.6 is 11.3 Å². The van der Waals surface area contributed by atoms with Gasteiger partial charge in [0.15, 0.2) is 18.1 Å². The van der Waals surface area contributed by atoms with Crippen LogP contribution in [0.1, 0.15) is 28.8 Å². The number of fused-ring (bicyclic) bond motifs is 5. The number of rotatable bonds is 4. The Morgan fingerprint density at radius 3 is 3.00 bits per heavy atom. The average molecular weight is 392 g/mol. The Morgan fingerprint density at radius 2 is 2.14 bits per heavy atom. The maximum Gasteiger partial charge on any atom is 0.192 e. The number of aromatic nitrogens is 4. The van der Waals surface area contributed by atoms with E-state index in [1.165, 1.54) is 10.4 Å². The fourth-order valence-electron chi connectivity index (χ4n) is 3.54. The van der Waals surface area contributed by atoms with E-state index >= 15 is 0 Å². The minimum absolute atomic E-state index is 0.225. The van der Waals surface area contributed by atoms with E-state index in [0.29, 0.717) is 5.82 Å². The summed E-state index contributed by atoms with van der Waals surface area (Å²) < 4.78 is 1.75. The molecule has 28 heavy (non-hydrogen) atoms. The van der Waals surface area contributed by atoms with Crippen molar-refractivity contribution >= 4 is 32.9 Å². The van der Waals surface area contributed by atoms with Crippen LogP contribution in [-0.2, 0) is 24.4 Å². The molecule has 4 aromatic rings. The lowest BCUT2D eigenvalue weighted by Gasteiger charge is -2.21. The van der Waals surface area contributed by atoms with E-state index in [9.17, 15) is 0 Å². The van der Waals surface area contributed by atoms with E-state index in [4.69, 9.17) is 9.82 Å². The van der Waals surface area contributed by atoms with Gasteiger partial charge in [-0.05, 0) is 31.5 Å². The molecule has 0 aliphatic carbocycles. The molecule has 4 heterocycles. The van der Waals surface area contributed by atoms with E-state index in [-0.39, 0.29) is 6.61 Å². The van der Waals surface area contributed by atoms with Crippen LogP contribution in [0.15, 0.2) is 41.8 Å². The van der Waals surface area contributed by atoms with Crippen molar-refractivity contribution in [2.24, 2.45) is 5.16 Å². The van der Waals surface area contributed by atoms with E-state index in [1.807, 2.05) is 37.3 Å². The van der Waals surface area contributed by atoms with Crippen LogP contribution in [0.4, 0.5) is 0 Å². The molecule has 1 aromatic carbocycles. The number of nitrogens with zero attached hydrogens (tertiary/aromatic N) is 6. The predicted octanol–water partition coefficient (Wildman–Crippen LogP) is 3.27. The lowest BCUT2D eigenvalue weighted by atomic mass is 10.1. The number of likely N-dealkylation sites (N-methyl/N-ethyl adjacent to an activating group) is 1. The smallest absolute Gasteiger partial charge is 0.192 e. The molecule has 0 saturated carbocycles. The maximum absolute atomic E-state index is 5.51. The Bertz CT molecular complexity index is 1180. The summed E-state index contributed by atoms with van der Waals surface area (Å²) in [6.45, 7) is 4.18. The van der Waals surface area contributed by atoms with Gasteiger partial charge in [0.1, 0.15) is 11.2 Å². The minimum atomic E-state index is 0.225. The highest BCUT2D eigenvalue weighted by molar-refractivity contribution is 7.19. The van der Waals surface area contributed by atoms with Crippen molar-refractivity contribution in [1.82, 2.24) is 24.5 Å². The molecule has 3 aromatic heterocycles. The zero-order valence-electron chi connectivity index (χ0n) is 15.8. The molecule has 0 radical (unpaired) electrons. The van der Waals surface area contributed by atoms with Crippen molar-refractivity contribution in [3.05, 3.63) is 58.5 Å². The highest BCUT2D eigenvalue weighted by Gasteiger charge is 2.22. The number of hydrogen-bond donors (Lipinski definition) is 0. The van der Waals surface area contributed by atoms with Crippen molar-refractivity contribution in [2.45, 2.75) is 26.5 Å². The Labute approximate surface area is 166 Å². The van der Waals surface area contributed by atoms with Gasteiger partial charge in [-0.3, -0.25) is 0 Å². The van der Waals surface area contributed by atoms with Gasteiger partial charge in [-0.15, -0.1) is 16.4 Å². The van der Waals surface area contributed by atoms with Gasteiger partial charge in [0.25, 0.3) is 0 Å². The molecule has 1 aliphatic heterocycles. The van der Waals surface area contributed by atoms with Crippen LogP contribution in [0.25, 0.3) is 15.9 Å². The van der Waals surface area contributed by atoms with Gasteiger partial charge in [-0.2, -0.15) is 0 Å². The molecule has 0 amide bonds. The van der Waals surface area contributed by atoms with Crippen LogP contribution in [0, 0.1) is 0 Å². The zero-order valence-corrected chi connectivity index (χ0v) is 16.6. The van der Waals surface area contributed by atoms with Crippen molar-refractivity contribution in [2.75, 3.05) is 13.6 Å². The van der Waals surface area contributed by atoms with Crippen LogP contribution in [-0.4, -0.2) is 43.8 Å². The van der Waals surface area contributed by atoms with Gasteiger partial charge in [0, 0.05) is 18.0 Å².